The molecule has 0 fully saturated rings. The molecule has 0 amide bonds. The molecule has 0 unspecified atom stereocenters. The van der Waals surface area contributed by atoms with Crippen LogP contribution < -0.4 is 0 Å². The van der Waals surface area contributed by atoms with E-state index in [0.29, 0.717) is 6.61 Å². The minimum atomic E-state index is -0.0593. The molecule has 0 heterocycles. The third kappa shape index (κ3) is 17.8. The Kier molecular flexibility index (Phi) is 18.4. The maximum Gasteiger partial charge on any atom is 0.308 e. The minimum Gasteiger partial charge on any atom is -0.465 e. The van der Waals surface area contributed by atoms with Crippen LogP contribution in [0.5, 0.6) is 0 Å². The molecule has 0 N–H and O–H groups in total. The highest BCUT2D eigenvalue weighted by Gasteiger charge is 2.06. The zero-order valence-electron chi connectivity index (χ0n) is 16.9. The Bertz CT molecular complexity index is 261. The monoisotopic (exact) mass is 340 g/mol. The summed E-state index contributed by atoms with van der Waals surface area (Å²) < 4.78 is 5.18. The molecular formula is C22H44O2. The predicted octanol–water partition coefficient (Wildman–Crippen LogP) is 7.45. The van der Waals surface area contributed by atoms with Crippen LogP contribution in [0.25, 0.3) is 0 Å². The van der Waals surface area contributed by atoms with Gasteiger partial charge in [-0.05, 0) is 6.42 Å². The second kappa shape index (κ2) is 18.8. The molecule has 0 aliphatic carbocycles. The molecule has 0 aromatic heterocycles. The Morgan fingerprint density at radius 3 is 1.29 bits per heavy atom. The lowest BCUT2D eigenvalue weighted by atomic mass is 10.0. The lowest BCUT2D eigenvalue weighted by molar-refractivity contribution is -0.147. The van der Waals surface area contributed by atoms with Crippen molar-refractivity contribution < 1.29 is 9.53 Å². The van der Waals surface area contributed by atoms with E-state index in [0.717, 1.165) is 6.42 Å². The molecule has 0 atom stereocenters. The van der Waals surface area contributed by atoms with Crippen LogP contribution in [0, 0.1) is 5.92 Å². The van der Waals surface area contributed by atoms with Crippen LogP contribution >= 0.6 is 0 Å². The van der Waals surface area contributed by atoms with E-state index >= 15 is 0 Å². The number of carbonyl (C=O) groups is 1. The number of ether oxygens (including phenoxy) is 1. The molecule has 0 bridgehead atoms. The molecular weight excluding hydrogens is 296 g/mol. The van der Waals surface area contributed by atoms with Gasteiger partial charge in [0.25, 0.3) is 0 Å². The van der Waals surface area contributed by atoms with Crippen LogP contribution in [0.2, 0.25) is 0 Å². The normalized spacial score (nSPS) is 11.2. The standard InChI is InChI=1S/C22H44O2/c1-4-5-6-7-8-9-10-11-12-13-14-15-16-17-18-19-20-24-22(23)21(2)3/h21H,4-20H2,1-3H3. The molecule has 0 aromatic rings. The second-order valence-electron chi connectivity index (χ2n) is 7.63. The smallest absolute Gasteiger partial charge is 0.308 e. The van der Waals surface area contributed by atoms with Gasteiger partial charge in [-0.3, -0.25) is 4.79 Å². The molecule has 0 aliphatic rings. The van der Waals surface area contributed by atoms with Crippen LogP contribution in [0.4, 0.5) is 0 Å². The maximum absolute atomic E-state index is 11.3. The molecule has 0 rings (SSSR count). The van der Waals surface area contributed by atoms with Crippen LogP contribution in [0.15, 0.2) is 0 Å². The Morgan fingerprint density at radius 1 is 0.625 bits per heavy atom. The first kappa shape index (κ1) is 23.5. The molecule has 0 saturated heterocycles. The van der Waals surface area contributed by atoms with Crippen LogP contribution in [-0.2, 0) is 9.53 Å². The molecule has 0 aromatic carbocycles. The summed E-state index contributed by atoms with van der Waals surface area (Å²) in [5.74, 6) is -0.0537. The van der Waals surface area contributed by atoms with Gasteiger partial charge in [0.15, 0.2) is 0 Å². The summed E-state index contributed by atoms with van der Waals surface area (Å²) in [7, 11) is 0. The van der Waals surface area contributed by atoms with Gasteiger partial charge in [-0.25, -0.2) is 0 Å². The zero-order chi connectivity index (χ0) is 17.9. The number of carbonyl (C=O) groups excluding carboxylic acids is 1. The van der Waals surface area contributed by atoms with Crippen molar-refractivity contribution in [1.29, 1.82) is 0 Å². The molecule has 0 spiro atoms. The highest BCUT2D eigenvalue weighted by Crippen LogP contribution is 2.13. The summed E-state index contributed by atoms with van der Waals surface area (Å²) in [5, 5.41) is 0. The average Bonchev–Trinajstić information content (AvgIpc) is 2.57. The predicted molar refractivity (Wildman–Crippen MR) is 105 cm³/mol. The first-order valence-electron chi connectivity index (χ1n) is 10.8. The van der Waals surface area contributed by atoms with Gasteiger partial charge < -0.3 is 4.74 Å². The van der Waals surface area contributed by atoms with Crippen LogP contribution in [0.1, 0.15) is 124 Å². The van der Waals surface area contributed by atoms with Crippen molar-refractivity contribution in [3.05, 3.63) is 0 Å². The van der Waals surface area contributed by atoms with Gasteiger partial charge in [0.1, 0.15) is 0 Å². The van der Waals surface area contributed by atoms with Crippen molar-refractivity contribution in [3.8, 4) is 0 Å². The van der Waals surface area contributed by atoms with Crippen LogP contribution in [0.3, 0.4) is 0 Å². The van der Waals surface area contributed by atoms with E-state index in [9.17, 15) is 4.79 Å². The van der Waals surface area contributed by atoms with Gasteiger partial charge in [-0.1, -0.05) is 117 Å². The van der Waals surface area contributed by atoms with Gasteiger partial charge in [0.05, 0.1) is 12.5 Å². The third-order valence-electron chi connectivity index (χ3n) is 4.71. The average molecular weight is 341 g/mol. The lowest BCUT2D eigenvalue weighted by Gasteiger charge is -2.06. The first-order chi connectivity index (χ1) is 11.7. The molecule has 0 aliphatic heterocycles. The summed E-state index contributed by atoms with van der Waals surface area (Å²) in [4.78, 5) is 11.3. The van der Waals surface area contributed by atoms with E-state index in [2.05, 4.69) is 6.92 Å². The Balaban J connectivity index is 3.04. The minimum absolute atomic E-state index is 0.00561. The van der Waals surface area contributed by atoms with E-state index in [1.807, 2.05) is 13.8 Å². The third-order valence-corrected chi connectivity index (χ3v) is 4.71. The van der Waals surface area contributed by atoms with Crippen molar-refractivity contribution in [2.24, 2.45) is 5.92 Å². The Hall–Kier alpha value is -0.530. The summed E-state index contributed by atoms with van der Waals surface area (Å²) in [5.41, 5.74) is 0. The van der Waals surface area contributed by atoms with Gasteiger partial charge in [0, 0.05) is 0 Å². The molecule has 0 radical (unpaired) electrons. The van der Waals surface area contributed by atoms with Crippen molar-refractivity contribution in [2.75, 3.05) is 6.61 Å². The largest absolute Gasteiger partial charge is 0.465 e. The summed E-state index contributed by atoms with van der Waals surface area (Å²) in [6.45, 7) is 6.66. The van der Waals surface area contributed by atoms with Gasteiger partial charge in [-0.2, -0.15) is 0 Å². The topological polar surface area (TPSA) is 26.3 Å². The number of unbranched alkanes of at least 4 members (excludes halogenated alkanes) is 15. The van der Waals surface area contributed by atoms with E-state index in [4.69, 9.17) is 4.74 Å². The number of rotatable bonds is 18. The quantitative estimate of drug-likeness (QED) is 0.191. The SMILES string of the molecule is CCCCCCCCCCCCCCCCCCOC(=O)C(C)C. The highest BCUT2D eigenvalue weighted by atomic mass is 16.5. The fourth-order valence-corrected chi connectivity index (χ4v) is 2.99. The fourth-order valence-electron chi connectivity index (χ4n) is 2.99. The van der Waals surface area contributed by atoms with Crippen LogP contribution in [-0.4, -0.2) is 12.6 Å². The van der Waals surface area contributed by atoms with E-state index in [1.165, 1.54) is 96.3 Å². The molecule has 2 nitrogen and oxygen atoms in total. The second-order valence-corrected chi connectivity index (χ2v) is 7.63. The molecule has 0 saturated carbocycles. The van der Waals surface area contributed by atoms with Gasteiger partial charge >= 0.3 is 5.97 Å². The van der Waals surface area contributed by atoms with E-state index in [1.54, 1.807) is 0 Å². The maximum atomic E-state index is 11.3. The molecule has 2 heteroatoms. The van der Waals surface area contributed by atoms with E-state index in [-0.39, 0.29) is 11.9 Å². The highest BCUT2D eigenvalue weighted by molar-refractivity contribution is 5.71. The lowest BCUT2D eigenvalue weighted by Crippen LogP contribution is -2.12. The van der Waals surface area contributed by atoms with Gasteiger partial charge in [-0.15, -0.1) is 0 Å². The molecule has 24 heavy (non-hydrogen) atoms. The summed E-state index contributed by atoms with van der Waals surface area (Å²) >= 11 is 0. The van der Waals surface area contributed by atoms with Crippen molar-refractivity contribution in [2.45, 2.75) is 124 Å². The van der Waals surface area contributed by atoms with Crippen molar-refractivity contribution in [1.82, 2.24) is 0 Å². The van der Waals surface area contributed by atoms with E-state index < -0.39 is 0 Å². The number of hydrogen-bond acceptors (Lipinski definition) is 2. The summed E-state index contributed by atoms with van der Waals surface area (Å²) in [6.07, 6.45) is 21.9. The Labute approximate surface area is 152 Å². The van der Waals surface area contributed by atoms with Crippen molar-refractivity contribution >= 4 is 5.97 Å². The first-order valence-corrected chi connectivity index (χ1v) is 10.8. The Morgan fingerprint density at radius 2 is 0.958 bits per heavy atom. The fraction of sp³-hybridized carbons (Fsp3) is 0.955. The number of hydrogen-bond donors (Lipinski definition) is 0. The summed E-state index contributed by atoms with van der Waals surface area (Å²) in [6, 6.07) is 0. The van der Waals surface area contributed by atoms with Crippen molar-refractivity contribution in [3.63, 3.8) is 0 Å². The number of esters is 1. The van der Waals surface area contributed by atoms with Gasteiger partial charge in [0.2, 0.25) is 0 Å². The molecule has 144 valence electrons. The zero-order valence-corrected chi connectivity index (χ0v) is 16.9.